The zero-order valence-corrected chi connectivity index (χ0v) is 22.0. The summed E-state index contributed by atoms with van der Waals surface area (Å²) in [6.45, 7) is 7.38. The molecular formula is C31H33N5O. The van der Waals surface area contributed by atoms with Crippen molar-refractivity contribution in [1.82, 2.24) is 24.2 Å². The molecule has 37 heavy (non-hydrogen) atoms. The molecule has 1 saturated heterocycles. The molecule has 1 aliphatic rings. The Kier molecular flexibility index (Phi) is 7.18. The third-order valence-electron chi connectivity index (χ3n) is 7.35. The number of ketones is 1. The van der Waals surface area contributed by atoms with Gasteiger partial charge in [-0.25, -0.2) is 4.98 Å². The van der Waals surface area contributed by atoms with Gasteiger partial charge in [-0.15, -0.1) is 0 Å². The van der Waals surface area contributed by atoms with Crippen LogP contribution < -0.4 is 0 Å². The molecule has 188 valence electrons. The van der Waals surface area contributed by atoms with Gasteiger partial charge in [-0.3, -0.25) is 19.1 Å². The Balaban J connectivity index is 1.28. The SMILES string of the molecule is Cc1ccc(C(=O)Cc2ccc(CN3CC[C@H](N(C)C)C3)c(C)c2)cc1C#Cc1cnc2cnccn12. The second-order valence-corrected chi connectivity index (χ2v) is 10.2. The van der Waals surface area contributed by atoms with Crippen LogP contribution >= 0.6 is 0 Å². The van der Waals surface area contributed by atoms with E-state index in [0.717, 1.165) is 47.7 Å². The summed E-state index contributed by atoms with van der Waals surface area (Å²) < 4.78 is 1.90. The minimum Gasteiger partial charge on any atom is -0.305 e. The fraction of sp³-hybridized carbons (Fsp3) is 0.323. The van der Waals surface area contributed by atoms with E-state index in [0.29, 0.717) is 18.0 Å². The van der Waals surface area contributed by atoms with Crippen LogP contribution in [0.25, 0.3) is 5.65 Å². The Morgan fingerprint density at radius 1 is 1.08 bits per heavy atom. The molecule has 0 N–H and O–H groups in total. The lowest BCUT2D eigenvalue weighted by Crippen LogP contribution is -2.31. The Morgan fingerprint density at radius 2 is 1.95 bits per heavy atom. The van der Waals surface area contributed by atoms with Crippen LogP contribution in [0.4, 0.5) is 0 Å². The van der Waals surface area contributed by atoms with Crippen molar-refractivity contribution in [3.8, 4) is 11.8 Å². The van der Waals surface area contributed by atoms with Crippen LogP contribution in [0, 0.1) is 25.7 Å². The highest BCUT2D eigenvalue weighted by Crippen LogP contribution is 2.20. The number of carbonyl (C=O) groups excluding carboxylic acids is 1. The van der Waals surface area contributed by atoms with Crippen LogP contribution in [0.3, 0.4) is 0 Å². The number of likely N-dealkylation sites (tertiary alicyclic amines) is 1. The van der Waals surface area contributed by atoms with Gasteiger partial charge in [0.15, 0.2) is 11.4 Å². The predicted molar refractivity (Wildman–Crippen MR) is 147 cm³/mol. The van der Waals surface area contributed by atoms with Gasteiger partial charge in [-0.2, -0.15) is 0 Å². The summed E-state index contributed by atoms with van der Waals surface area (Å²) in [5.74, 6) is 6.54. The molecule has 0 aliphatic carbocycles. The molecule has 1 aliphatic heterocycles. The fourth-order valence-electron chi connectivity index (χ4n) is 4.95. The van der Waals surface area contributed by atoms with Crippen molar-refractivity contribution in [3.63, 3.8) is 0 Å². The van der Waals surface area contributed by atoms with Gasteiger partial charge >= 0.3 is 0 Å². The summed E-state index contributed by atoms with van der Waals surface area (Å²) in [6.07, 6.45) is 8.60. The molecule has 0 radical (unpaired) electrons. The van der Waals surface area contributed by atoms with Crippen LogP contribution in [0.2, 0.25) is 0 Å². The molecule has 2 aromatic carbocycles. The molecule has 4 aromatic rings. The fourth-order valence-corrected chi connectivity index (χ4v) is 4.95. The lowest BCUT2D eigenvalue weighted by Gasteiger charge is -2.21. The molecular weight excluding hydrogens is 458 g/mol. The minimum absolute atomic E-state index is 0.101. The van der Waals surface area contributed by atoms with Crippen molar-refractivity contribution in [2.75, 3.05) is 27.2 Å². The number of carbonyl (C=O) groups is 1. The number of aryl methyl sites for hydroxylation is 2. The lowest BCUT2D eigenvalue weighted by atomic mass is 9.97. The van der Waals surface area contributed by atoms with Crippen LogP contribution in [-0.4, -0.2) is 63.2 Å². The molecule has 0 saturated carbocycles. The molecule has 0 unspecified atom stereocenters. The number of Topliss-reactive ketones (excluding diaryl/α,β-unsaturated/α-hetero) is 1. The highest BCUT2D eigenvalue weighted by Gasteiger charge is 2.24. The Labute approximate surface area is 219 Å². The largest absolute Gasteiger partial charge is 0.305 e. The smallest absolute Gasteiger partial charge is 0.167 e. The zero-order valence-electron chi connectivity index (χ0n) is 22.0. The van der Waals surface area contributed by atoms with Crippen molar-refractivity contribution >= 4 is 11.4 Å². The van der Waals surface area contributed by atoms with Gasteiger partial charge < -0.3 is 4.90 Å². The minimum atomic E-state index is 0.101. The maximum absolute atomic E-state index is 13.2. The Morgan fingerprint density at radius 3 is 2.73 bits per heavy atom. The monoisotopic (exact) mass is 491 g/mol. The van der Waals surface area contributed by atoms with Crippen LogP contribution in [0.1, 0.15) is 50.3 Å². The molecule has 0 amide bonds. The topological polar surface area (TPSA) is 53.7 Å². The van der Waals surface area contributed by atoms with E-state index in [-0.39, 0.29) is 5.78 Å². The van der Waals surface area contributed by atoms with Gasteiger partial charge in [0.05, 0.1) is 12.4 Å². The van der Waals surface area contributed by atoms with Crippen molar-refractivity contribution in [2.45, 2.75) is 39.3 Å². The Bertz CT molecular complexity index is 1510. The molecule has 1 fully saturated rings. The van der Waals surface area contributed by atoms with E-state index < -0.39 is 0 Å². The highest BCUT2D eigenvalue weighted by molar-refractivity contribution is 5.98. The molecule has 0 spiro atoms. The van der Waals surface area contributed by atoms with E-state index in [1.165, 1.54) is 17.5 Å². The first-order valence-corrected chi connectivity index (χ1v) is 12.8. The van der Waals surface area contributed by atoms with Gasteiger partial charge in [0, 0.05) is 55.6 Å². The predicted octanol–water partition coefficient (Wildman–Crippen LogP) is 4.31. The van der Waals surface area contributed by atoms with E-state index in [9.17, 15) is 4.79 Å². The van der Waals surface area contributed by atoms with Crippen molar-refractivity contribution in [1.29, 1.82) is 0 Å². The van der Waals surface area contributed by atoms with Gasteiger partial charge in [0.25, 0.3) is 0 Å². The summed E-state index contributed by atoms with van der Waals surface area (Å²) in [6, 6.07) is 12.9. The van der Waals surface area contributed by atoms with E-state index >= 15 is 0 Å². The van der Waals surface area contributed by atoms with E-state index in [1.807, 2.05) is 35.7 Å². The first-order valence-electron chi connectivity index (χ1n) is 12.8. The normalized spacial score (nSPS) is 15.8. The third-order valence-corrected chi connectivity index (χ3v) is 7.35. The molecule has 2 aromatic heterocycles. The first-order chi connectivity index (χ1) is 17.9. The van der Waals surface area contributed by atoms with Crippen molar-refractivity contribution in [2.24, 2.45) is 0 Å². The zero-order chi connectivity index (χ0) is 25.9. The average molecular weight is 492 g/mol. The lowest BCUT2D eigenvalue weighted by molar-refractivity contribution is 0.0993. The number of hydrogen-bond acceptors (Lipinski definition) is 5. The summed E-state index contributed by atoms with van der Waals surface area (Å²) in [7, 11) is 4.32. The number of likely N-dealkylation sites (N-methyl/N-ethyl adjacent to an activating group) is 1. The van der Waals surface area contributed by atoms with E-state index in [4.69, 9.17) is 0 Å². The van der Waals surface area contributed by atoms with Crippen LogP contribution in [0.5, 0.6) is 0 Å². The number of aromatic nitrogens is 3. The maximum Gasteiger partial charge on any atom is 0.167 e. The summed E-state index contributed by atoms with van der Waals surface area (Å²) in [5, 5.41) is 0. The molecule has 0 bridgehead atoms. The van der Waals surface area contributed by atoms with E-state index in [1.54, 1.807) is 18.6 Å². The average Bonchev–Trinajstić information content (AvgIpc) is 3.52. The van der Waals surface area contributed by atoms with Crippen molar-refractivity contribution in [3.05, 3.63) is 100 Å². The quantitative estimate of drug-likeness (QED) is 0.297. The molecule has 6 nitrogen and oxygen atoms in total. The number of fused-ring (bicyclic) bond motifs is 1. The standard InChI is InChI=1S/C31H33N5O/c1-22-5-7-26(17-25(22)9-10-28-18-33-31-19-32-12-14-36(28)31)30(37)16-24-6-8-27(23(2)15-24)20-35-13-11-29(21-35)34(3)4/h5-8,12,14-15,17-19,29H,11,13,16,20-21H2,1-4H3/t29-/m0/s1. The van der Waals surface area contributed by atoms with Crippen LogP contribution in [0.15, 0.2) is 61.2 Å². The number of nitrogens with zero attached hydrogens (tertiary/aromatic N) is 5. The number of rotatable bonds is 6. The number of hydrogen-bond donors (Lipinski definition) is 0. The molecule has 5 rings (SSSR count). The Hall–Kier alpha value is -3.79. The third kappa shape index (κ3) is 5.64. The first kappa shape index (κ1) is 24.9. The van der Waals surface area contributed by atoms with E-state index in [2.05, 4.69) is 70.8 Å². The van der Waals surface area contributed by atoms with Gasteiger partial charge in [-0.1, -0.05) is 36.3 Å². The van der Waals surface area contributed by atoms with Crippen molar-refractivity contribution < 1.29 is 4.79 Å². The number of benzene rings is 2. The second-order valence-electron chi connectivity index (χ2n) is 10.2. The second kappa shape index (κ2) is 10.7. The van der Waals surface area contributed by atoms with Gasteiger partial charge in [0.2, 0.25) is 0 Å². The maximum atomic E-state index is 13.2. The summed E-state index contributed by atoms with van der Waals surface area (Å²) >= 11 is 0. The summed E-state index contributed by atoms with van der Waals surface area (Å²) in [4.78, 5) is 26.5. The summed E-state index contributed by atoms with van der Waals surface area (Å²) in [5.41, 5.74) is 7.75. The van der Waals surface area contributed by atoms with Crippen LogP contribution in [-0.2, 0) is 13.0 Å². The molecule has 3 heterocycles. The number of imidazole rings is 1. The van der Waals surface area contributed by atoms with Gasteiger partial charge in [0.1, 0.15) is 5.69 Å². The molecule has 1 atom stereocenters. The van der Waals surface area contributed by atoms with Gasteiger partial charge in [-0.05, 0) is 68.6 Å². The molecule has 6 heteroatoms. The highest BCUT2D eigenvalue weighted by atomic mass is 16.1.